The highest BCUT2D eigenvalue weighted by Gasteiger charge is 2.11. The fourth-order valence-corrected chi connectivity index (χ4v) is 3.44. The second-order valence-electron chi connectivity index (χ2n) is 7.20. The van der Waals surface area contributed by atoms with Crippen LogP contribution in [-0.2, 0) is 16.0 Å². The summed E-state index contributed by atoms with van der Waals surface area (Å²) in [6, 6.07) is 18.1. The largest absolute Gasteiger partial charge is 0.378 e. The van der Waals surface area contributed by atoms with Crippen molar-refractivity contribution < 1.29 is 9.53 Å². The number of primary amides is 1. The van der Waals surface area contributed by atoms with Crippen LogP contribution in [0.3, 0.4) is 0 Å². The van der Waals surface area contributed by atoms with Crippen molar-refractivity contribution in [3.8, 4) is 11.3 Å². The summed E-state index contributed by atoms with van der Waals surface area (Å²) in [5.74, 6) is 0.239. The molecule has 0 aliphatic carbocycles. The van der Waals surface area contributed by atoms with Gasteiger partial charge < -0.3 is 20.7 Å². The average Bonchev–Trinajstić information content (AvgIpc) is 2.79. The minimum Gasteiger partial charge on any atom is -0.378 e. The van der Waals surface area contributed by atoms with Crippen molar-refractivity contribution in [2.45, 2.75) is 12.8 Å². The SMILES string of the molecule is NC(=O)CCc1cccc(-c2ccnc(Nc3ccc(N4CCOCC4)cc3)n2)c1. The zero-order valence-electron chi connectivity index (χ0n) is 16.8. The molecule has 7 nitrogen and oxygen atoms in total. The highest BCUT2D eigenvalue weighted by atomic mass is 16.5. The maximum absolute atomic E-state index is 11.0. The van der Waals surface area contributed by atoms with Crippen molar-refractivity contribution in [3.05, 3.63) is 66.4 Å². The number of amides is 1. The first kappa shape index (κ1) is 19.8. The van der Waals surface area contributed by atoms with E-state index in [4.69, 9.17) is 10.5 Å². The van der Waals surface area contributed by atoms with E-state index in [2.05, 4.69) is 32.3 Å². The molecule has 1 aliphatic heterocycles. The van der Waals surface area contributed by atoms with Crippen LogP contribution in [0.2, 0.25) is 0 Å². The first-order valence-electron chi connectivity index (χ1n) is 10.1. The summed E-state index contributed by atoms with van der Waals surface area (Å²) in [4.78, 5) is 22.3. The van der Waals surface area contributed by atoms with Gasteiger partial charge in [0.05, 0.1) is 18.9 Å². The normalized spacial score (nSPS) is 13.8. The van der Waals surface area contributed by atoms with Gasteiger partial charge >= 0.3 is 0 Å². The van der Waals surface area contributed by atoms with Crippen LogP contribution in [0.4, 0.5) is 17.3 Å². The van der Waals surface area contributed by atoms with Crippen LogP contribution in [0.1, 0.15) is 12.0 Å². The van der Waals surface area contributed by atoms with Gasteiger partial charge in [-0.15, -0.1) is 0 Å². The summed E-state index contributed by atoms with van der Waals surface area (Å²) >= 11 is 0. The molecule has 7 heteroatoms. The number of nitrogens with one attached hydrogen (secondary N) is 1. The molecule has 0 radical (unpaired) electrons. The standard InChI is InChI=1S/C23H25N5O2/c24-22(29)9-4-17-2-1-3-18(16-17)21-10-11-25-23(27-21)26-19-5-7-20(8-6-19)28-12-14-30-15-13-28/h1-3,5-8,10-11,16H,4,9,12-15H2,(H2,24,29)(H,25,26,27). The predicted molar refractivity (Wildman–Crippen MR) is 118 cm³/mol. The predicted octanol–water partition coefficient (Wildman–Crippen LogP) is 3.14. The number of nitrogens with two attached hydrogens (primary N) is 1. The fraction of sp³-hybridized carbons (Fsp3) is 0.261. The molecule has 1 fully saturated rings. The number of aromatic nitrogens is 2. The van der Waals surface area contributed by atoms with E-state index < -0.39 is 0 Å². The van der Waals surface area contributed by atoms with Crippen LogP contribution in [0.5, 0.6) is 0 Å². The van der Waals surface area contributed by atoms with Crippen molar-refractivity contribution >= 4 is 23.2 Å². The summed E-state index contributed by atoms with van der Waals surface area (Å²) in [6.45, 7) is 3.36. The Morgan fingerprint density at radius 1 is 1.10 bits per heavy atom. The van der Waals surface area contributed by atoms with Crippen molar-refractivity contribution in [1.82, 2.24) is 9.97 Å². The van der Waals surface area contributed by atoms with Gasteiger partial charge in [-0.1, -0.05) is 18.2 Å². The van der Waals surface area contributed by atoms with E-state index in [0.29, 0.717) is 18.8 Å². The lowest BCUT2D eigenvalue weighted by Gasteiger charge is -2.28. The second kappa shape index (κ2) is 9.37. The topological polar surface area (TPSA) is 93.4 Å². The van der Waals surface area contributed by atoms with E-state index in [-0.39, 0.29) is 5.91 Å². The number of benzene rings is 2. The van der Waals surface area contributed by atoms with Crippen molar-refractivity contribution in [3.63, 3.8) is 0 Å². The van der Waals surface area contributed by atoms with Crippen molar-refractivity contribution in [2.24, 2.45) is 5.73 Å². The van der Waals surface area contributed by atoms with Crippen LogP contribution in [0, 0.1) is 0 Å². The smallest absolute Gasteiger partial charge is 0.227 e. The van der Waals surface area contributed by atoms with Crippen LogP contribution in [0.15, 0.2) is 60.8 Å². The Morgan fingerprint density at radius 3 is 2.67 bits per heavy atom. The Kier molecular flexibility index (Phi) is 6.20. The molecule has 0 atom stereocenters. The molecular weight excluding hydrogens is 378 g/mol. The summed E-state index contributed by atoms with van der Waals surface area (Å²) in [5.41, 5.74) is 10.2. The molecule has 0 saturated carbocycles. The zero-order chi connectivity index (χ0) is 20.8. The van der Waals surface area contributed by atoms with E-state index in [1.165, 1.54) is 5.69 Å². The molecule has 1 amide bonds. The Labute approximate surface area is 175 Å². The number of hydrogen-bond acceptors (Lipinski definition) is 6. The molecule has 154 valence electrons. The first-order valence-corrected chi connectivity index (χ1v) is 10.1. The van der Waals surface area contributed by atoms with Gasteiger partial charge in [-0.05, 0) is 48.4 Å². The Bertz CT molecular complexity index is 1000. The third-order valence-corrected chi connectivity index (χ3v) is 5.04. The highest BCUT2D eigenvalue weighted by molar-refractivity contribution is 5.74. The third-order valence-electron chi connectivity index (χ3n) is 5.04. The average molecular weight is 403 g/mol. The molecule has 1 aliphatic rings. The van der Waals surface area contributed by atoms with Gasteiger partial charge in [0.1, 0.15) is 0 Å². The third kappa shape index (κ3) is 5.12. The highest BCUT2D eigenvalue weighted by Crippen LogP contribution is 2.23. The molecular formula is C23H25N5O2. The number of rotatable bonds is 7. The van der Waals surface area contributed by atoms with Crippen LogP contribution in [-0.4, -0.2) is 42.2 Å². The first-order chi connectivity index (χ1) is 14.7. The lowest BCUT2D eigenvalue weighted by molar-refractivity contribution is -0.117. The van der Waals surface area contributed by atoms with Gasteiger partial charge in [-0.25, -0.2) is 9.97 Å². The molecule has 30 heavy (non-hydrogen) atoms. The minimum absolute atomic E-state index is 0.298. The Morgan fingerprint density at radius 2 is 1.90 bits per heavy atom. The maximum atomic E-state index is 11.0. The number of aryl methyl sites for hydroxylation is 1. The molecule has 4 rings (SSSR count). The lowest BCUT2D eigenvalue weighted by Crippen LogP contribution is -2.36. The van der Waals surface area contributed by atoms with Gasteiger partial charge in [-0.2, -0.15) is 0 Å². The molecule has 0 unspecified atom stereocenters. The van der Waals surface area contributed by atoms with Crippen molar-refractivity contribution in [2.75, 3.05) is 36.5 Å². The minimum atomic E-state index is -0.298. The number of morpholine rings is 1. The Hall–Kier alpha value is -3.45. The number of nitrogens with zero attached hydrogens (tertiary/aromatic N) is 3. The summed E-state index contributed by atoms with van der Waals surface area (Å²) in [6.07, 6.45) is 2.69. The van der Waals surface area contributed by atoms with E-state index in [9.17, 15) is 4.79 Å². The zero-order valence-corrected chi connectivity index (χ0v) is 16.8. The van der Waals surface area contributed by atoms with Crippen LogP contribution in [0.25, 0.3) is 11.3 Å². The van der Waals surface area contributed by atoms with E-state index in [1.807, 2.05) is 42.5 Å². The van der Waals surface area contributed by atoms with E-state index in [1.54, 1.807) is 6.20 Å². The molecule has 2 aromatic carbocycles. The number of anilines is 3. The summed E-state index contributed by atoms with van der Waals surface area (Å²) in [5, 5.41) is 3.27. The molecule has 0 bridgehead atoms. The summed E-state index contributed by atoms with van der Waals surface area (Å²) < 4.78 is 5.41. The van der Waals surface area contributed by atoms with Crippen molar-refractivity contribution in [1.29, 1.82) is 0 Å². The van der Waals surface area contributed by atoms with E-state index >= 15 is 0 Å². The number of ether oxygens (including phenoxy) is 1. The van der Waals surface area contributed by atoms with Crippen LogP contribution < -0.4 is 16.0 Å². The number of carbonyl (C=O) groups is 1. The lowest BCUT2D eigenvalue weighted by atomic mass is 10.0. The fourth-order valence-electron chi connectivity index (χ4n) is 3.44. The quantitative estimate of drug-likeness (QED) is 0.630. The molecule has 1 aromatic heterocycles. The monoisotopic (exact) mass is 403 g/mol. The molecule has 0 spiro atoms. The summed E-state index contributed by atoms with van der Waals surface area (Å²) in [7, 11) is 0. The van der Waals surface area contributed by atoms with Gasteiger partial charge in [0.15, 0.2) is 0 Å². The molecule has 3 N–H and O–H groups in total. The van der Waals surface area contributed by atoms with Gasteiger partial charge in [-0.3, -0.25) is 4.79 Å². The molecule has 1 saturated heterocycles. The van der Waals surface area contributed by atoms with E-state index in [0.717, 1.165) is 48.8 Å². The molecule has 3 aromatic rings. The molecule has 2 heterocycles. The number of carbonyl (C=O) groups excluding carboxylic acids is 1. The van der Waals surface area contributed by atoms with Gasteiger partial charge in [0, 0.05) is 42.6 Å². The second-order valence-corrected chi connectivity index (χ2v) is 7.20. The van der Waals surface area contributed by atoms with Gasteiger partial charge in [0.2, 0.25) is 11.9 Å². The number of hydrogen-bond donors (Lipinski definition) is 2. The Balaban J connectivity index is 1.46. The van der Waals surface area contributed by atoms with Gasteiger partial charge in [0.25, 0.3) is 0 Å². The maximum Gasteiger partial charge on any atom is 0.227 e. The van der Waals surface area contributed by atoms with Crippen LogP contribution >= 0.6 is 0 Å².